The molecule has 0 fully saturated rings. The topological polar surface area (TPSA) is 82.3 Å². The summed E-state index contributed by atoms with van der Waals surface area (Å²) in [6.07, 6.45) is 3.57. The molecule has 2 heterocycles. The van der Waals surface area contributed by atoms with Crippen LogP contribution in [-0.2, 0) is 16.0 Å². The van der Waals surface area contributed by atoms with Gasteiger partial charge < -0.3 is 14.6 Å². The van der Waals surface area contributed by atoms with Crippen LogP contribution >= 0.6 is 0 Å². The van der Waals surface area contributed by atoms with Crippen molar-refractivity contribution in [3.05, 3.63) is 30.6 Å². The maximum atomic E-state index is 8.52. The van der Waals surface area contributed by atoms with Crippen molar-refractivity contribution >= 4 is 0 Å². The van der Waals surface area contributed by atoms with Gasteiger partial charge in [0.05, 0.1) is 51.5 Å². The van der Waals surface area contributed by atoms with Crippen molar-refractivity contribution in [2.75, 3.05) is 33.0 Å². The molecule has 0 aliphatic heterocycles. The summed E-state index contributed by atoms with van der Waals surface area (Å²) in [5.74, 6) is 0. The first kappa shape index (κ1) is 14.6. The minimum atomic E-state index is 0.0370. The van der Waals surface area contributed by atoms with Crippen LogP contribution in [-0.4, -0.2) is 58.1 Å². The molecule has 0 atom stereocenters. The quantitative estimate of drug-likeness (QED) is 0.667. The second kappa shape index (κ2) is 8.36. The molecule has 2 rings (SSSR count). The third-order valence-corrected chi connectivity index (χ3v) is 2.54. The van der Waals surface area contributed by atoms with E-state index in [0.717, 1.165) is 11.4 Å². The molecule has 108 valence electrons. The molecule has 0 bridgehead atoms. The zero-order valence-corrected chi connectivity index (χ0v) is 11.2. The van der Waals surface area contributed by atoms with E-state index in [0.29, 0.717) is 33.0 Å². The van der Waals surface area contributed by atoms with Crippen LogP contribution in [0.3, 0.4) is 0 Å². The van der Waals surface area contributed by atoms with Crippen molar-refractivity contribution in [1.29, 1.82) is 0 Å². The average Bonchev–Trinajstić information content (AvgIpc) is 2.96. The molecule has 0 amide bonds. The van der Waals surface area contributed by atoms with Crippen molar-refractivity contribution in [3.8, 4) is 11.4 Å². The summed E-state index contributed by atoms with van der Waals surface area (Å²) in [4.78, 5) is 4.22. The van der Waals surface area contributed by atoms with Gasteiger partial charge in [-0.3, -0.25) is 4.98 Å². The van der Waals surface area contributed by atoms with Crippen LogP contribution in [0.4, 0.5) is 0 Å². The fraction of sp³-hybridized carbons (Fsp3) is 0.462. The van der Waals surface area contributed by atoms with Crippen LogP contribution in [0.5, 0.6) is 0 Å². The van der Waals surface area contributed by atoms with Crippen molar-refractivity contribution < 1.29 is 14.6 Å². The maximum absolute atomic E-state index is 8.52. The Balaban J connectivity index is 1.69. The fourth-order valence-corrected chi connectivity index (χ4v) is 1.58. The number of aliphatic hydroxyl groups is 1. The Morgan fingerprint density at radius 3 is 2.65 bits per heavy atom. The molecular formula is C13H18N4O3. The third kappa shape index (κ3) is 4.69. The molecule has 0 radical (unpaired) electrons. The van der Waals surface area contributed by atoms with E-state index in [1.54, 1.807) is 10.9 Å². The van der Waals surface area contributed by atoms with E-state index in [1.807, 2.05) is 24.4 Å². The number of nitrogens with zero attached hydrogens (tertiary/aromatic N) is 4. The highest BCUT2D eigenvalue weighted by Crippen LogP contribution is 2.11. The summed E-state index contributed by atoms with van der Waals surface area (Å²) in [7, 11) is 0. The summed E-state index contributed by atoms with van der Waals surface area (Å²) in [6.45, 7) is 2.53. The Hall–Kier alpha value is -1.83. The molecule has 2 aromatic heterocycles. The molecule has 0 aliphatic rings. The molecular weight excluding hydrogens is 260 g/mol. The molecule has 7 nitrogen and oxygen atoms in total. The summed E-state index contributed by atoms with van der Waals surface area (Å²) in [6, 6.07) is 5.67. The van der Waals surface area contributed by atoms with E-state index in [-0.39, 0.29) is 6.61 Å². The number of aromatic nitrogens is 4. The van der Waals surface area contributed by atoms with Gasteiger partial charge in [0.1, 0.15) is 5.69 Å². The second-order valence-electron chi connectivity index (χ2n) is 4.03. The van der Waals surface area contributed by atoms with Crippen molar-refractivity contribution in [3.63, 3.8) is 0 Å². The van der Waals surface area contributed by atoms with Crippen molar-refractivity contribution in [1.82, 2.24) is 20.0 Å². The van der Waals surface area contributed by atoms with Gasteiger partial charge in [-0.15, -0.1) is 5.10 Å². The van der Waals surface area contributed by atoms with Gasteiger partial charge in [0.15, 0.2) is 0 Å². The summed E-state index contributed by atoms with van der Waals surface area (Å²) < 4.78 is 12.2. The van der Waals surface area contributed by atoms with E-state index in [9.17, 15) is 0 Å². The van der Waals surface area contributed by atoms with Gasteiger partial charge in [0, 0.05) is 6.20 Å². The lowest BCUT2D eigenvalue weighted by Gasteiger charge is -2.04. The maximum Gasteiger partial charge on any atom is 0.131 e. The van der Waals surface area contributed by atoms with Crippen LogP contribution in [0.1, 0.15) is 0 Å². The van der Waals surface area contributed by atoms with Gasteiger partial charge >= 0.3 is 0 Å². The highest BCUT2D eigenvalue weighted by molar-refractivity contribution is 5.51. The SMILES string of the molecule is OCCOCCOCCn1cc(-c2ccccn2)nn1. The largest absolute Gasteiger partial charge is 0.394 e. The zero-order chi connectivity index (χ0) is 14.0. The Bertz CT molecular complexity index is 489. The van der Waals surface area contributed by atoms with E-state index >= 15 is 0 Å². The third-order valence-electron chi connectivity index (χ3n) is 2.54. The number of rotatable bonds is 9. The Labute approximate surface area is 117 Å². The lowest BCUT2D eigenvalue weighted by Crippen LogP contribution is -2.11. The van der Waals surface area contributed by atoms with E-state index in [1.165, 1.54) is 0 Å². The minimum absolute atomic E-state index is 0.0370. The zero-order valence-electron chi connectivity index (χ0n) is 11.2. The summed E-state index contributed by atoms with van der Waals surface area (Å²) in [5, 5.41) is 16.6. The molecule has 2 aromatic rings. The number of ether oxygens (including phenoxy) is 2. The van der Waals surface area contributed by atoms with Crippen LogP contribution in [0.25, 0.3) is 11.4 Å². The normalized spacial score (nSPS) is 10.8. The lowest BCUT2D eigenvalue weighted by molar-refractivity contribution is 0.0302. The Kier molecular flexibility index (Phi) is 6.09. The van der Waals surface area contributed by atoms with Crippen molar-refractivity contribution in [2.45, 2.75) is 6.54 Å². The average molecular weight is 278 g/mol. The molecule has 0 unspecified atom stereocenters. The number of hydrogen-bond acceptors (Lipinski definition) is 6. The standard InChI is InChI=1S/C13H18N4O3/c18-6-8-20-10-9-19-7-5-17-11-13(15-16-17)12-3-1-2-4-14-12/h1-4,11,18H,5-10H2. The van der Waals surface area contributed by atoms with Crippen LogP contribution in [0.15, 0.2) is 30.6 Å². The van der Waals surface area contributed by atoms with Gasteiger partial charge in [-0.1, -0.05) is 11.3 Å². The first-order valence-corrected chi connectivity index (χ1v) is 6.48. The van der Waals surface area contributed by atoms with E-state index in [2.05, 4.69) is 15.3 Å². The second-order valence-corrected chi connectivity index (χ2v) is 4.03. The smallest absolute Gasteiger partial charge is 0.131 e. The lowest BCUT2D eigenvalue weighted by atomic mass is 10.3. The van der Waals surface area contributed by atoms with Gasteiger partial charge in [-0.05, 0) is 12.1 Å². The van der Waals surface area contributed by atoms with Crippen LogP contribution in [0, 0.1) is 0 Å². The van der Waals surface area contributed by atoms with Crippen molar-refractivity contribution in [2.24, 2.45) is 0 Å². The summed E-state index contributed by atoms with van der Waals surface area (Å²) in [5.41, 5.74) is 1.55. The summed E-state index contributed by atoms with van der Waals surface area (Å²) >= 11 is 0. The van der Waals surface area contributed by atoms with Crippen LogP contribution < -0.4 is 0 Å². The molecule has 0 spiro atoms. The molecule has 7 heteroatoms. The number of aliphatic hydroxyl groups excluding tert-OH is 1. The monoisotopic (exact) mass is 278 g/mol. The molecule has 0 aromatic carbocycles. The highest BCUT2D eigenvalue weighted by atomic mass is 16.5. The number of hydrogen-bond donors (Lipinski definition) is 1. The molecule has 0 saturated heterocycles. The Morgan fingerprint density at radius 2 is 1.90 bits per heavy atom. The van der Waals surface area contributed by atoms with Gasteiger partial charge in [-0.25, -0.2) is 4.68 Å². The highest BCUT2D eigenvalue weighted by Gasteiger charge is 2.04. The Morgan fingerprint density at radius 1 is 1.05 bits per heavy atom. The fourth-order valence-electron chi connectivity index (χ4n) is 1.58. The van der Waals surface area contributed by atoms with Crippen LogP contribution in [0.2, 0.25) is 0 Å². The van der Waals surface area contributed by atoms with Gasteiger partial charge in [0.25, 0.3) is 0 Å². The van der Waals surface area contributed by atoms with E-state index < -0.39 is 0 Å². The first-order valence-electron chi connectivity index (χ1n) is 6.48. The predicted molar refractivity (Wildman–Crippen MR) is 72.0 cm³/mol. The number of pyridine rings is 1. The minimum Gasteiger partial charge on any atom is -0.394 e. The first-order chi connectivity index (χ1) is 9.90. The molecule has 1 N–H and O–H groups in total. The molecule has 0 aliphatic carbocycles. The van der Waals surface area contributed by atoms with E-state index in [4.69, 9.17) is 14.6 Å². The molecule has 20 heavy (non-hydrogen) atoms. The van der Waals surface area contributed by atoms with Gasteiger partial charge in [0.2, 0.25) is 0 Å². The molecule has 0 saturated carbocycles. The van der Waals surface area contributed by atoms with Gasteiger partial charge in [-0.2, -0.15) is 0 Å². The predicted octanol–water partition coefficient (Wildman–Crippen LogP) is 0.366.